The molecule has 0 aromatic heterocycles. The van der Waals surface area contributed by atoms with Crippen molar-refractivity contribution in [3.63, 3.8) is 0 Å². The zero-order chi connectivity index (χ0) is 12.5. The molecule has 1 unspecified atom stereocenters. The minimum Gasteiger partial charge on any atom is -0.396 e. The number of hydrogen-bond acceptors (Lipinski definition) is 4. The van der Waals surface area contributed by atoms with Gasteiger partial charge in [0.25, 0.3) is 0 Å². The Kier molecular flexibility index (Phi) is 7.77. The minimum atomic E-state index is 0.310. The maximum absolute atomic E-state index is 8.86. The molecule has 4 heteroatoms. The smallest absolute Gasteiger partial charge is 0.0443 e. The molecule has 1 fully saturated rings. The molecule has 0 radical (unpaired) electrons. The van der Waals surface area contributed by atoms with Gasteiger partial charge in [-0.25, -0.2) is 0 Å². The largest absolute Gasteiger partial charge is 0.396 e. The van der Waals surface area contributed by atoms with Gasteiger partial charge in [0.05, 0.1) is 0 Å². The molecule has 0 aliphatic carbocycles. The van der Waals surface area contributed by atoms with Gasteiger partial charge in [-0.2, -0.15) is 0 Å². The molecule has 1 aliphatic heterocycles. The molecule has 1 atom stereocenters. The van der Waals surface area contributed by atoms with Crippen LogP contribution in [-0.2, 0) is 0 Å². The molecule has 0 amide bonds. The molecule has 0 aromatic rings. The summed E-state index contributed by atoms with van der Waals surface area (Å²) in [5, 5.41) is 8.86. The van der Waals surface area contributed by atoms with Crippen molar-refractivity contribution in [2.24, 2.45) is 5.73 Å². The summed E-state index contributed by atoms with van der Waals surface area (Å²) >= 11 is 0. The minimum absolute atomic E-state index is 0.310. The Bertz CT molecular complexity index is 190. The molecule has 1 saturated heterocycles. The fraction of sp³-hybridized carbons (Fsp3) is 1.00. The van der Waals surface area contributed by atoms with Crippen molar-refractivity contribution in [1.82, 2.24) is 9.80 Å². The lowest BCUT2D eigenvalue weighted by Gasteiger charge is -2.29. The summed E-state index contributed by atoms with van der Waals surface area (Å²) in [7, 11) is 0. The van der Waals surface area contributed by atoms with Gasteiger partial charge in [0.1, 0.15) is 0 Å². The standard InChI is InChI=1S/C13H29N3O/c1-2-13(5-6-14)16-9-3-7-15(10-11-16)8-4-12-17/h13,17H,2-12,14H2,1H3. The number of nitrogens with zero attached hydrogens (tertiary/aromatic N) is 2. The Morgan fingerprint density at radius 3 is 2.71 bits per heavy atom. The van der Waals surface area contributed by atoms with Crippen molar-refractivity contribution >= 4 is 0 Å². The molecule has 0 spiro atoms. The van der Waals surface area contributed by atoms with Crippen LogP contribution >= 0.6 is 0 Å². The second-order valence-corrected chi connectivity index (χ2v) is 4.95. The predicted molar refractivity (Wildman–Crippen MR) is 72.1 cm³/mol. The molecular formula is C13H29N3O. The highest BCUT2D eigenvalue weighted by Gasteiger charge is 2.19. The average molecular weight is 243 g/mol. The van der Waals surface area contributed by atoms with E-state index in [4.69, 9.17) is 10.8 Å². The molecule has 3 N–H and O–H groups in total. The molecule has 102 valence electrons. The zero-order valence-corrected chi connectivity index (χ0v) is 11.3. The summed E-state index contributed by atoms with van der Waals surface area (Å²) in [6, 6.07) is 0.665. The second-order valence-electron chi connectivity index (χ2n) is 4.95. The molecule has 0 bridgehead atoms. The summed E-state index contributed by atoms with van der Waals surface area (Å²) in [6.07, 6.45) is 4.47. The van der Waals surface area contributed by atoms with E-state index in [0.29, 0.717) is 12.6 Å². The molecule has 0 saturated carbocycles. The van der Waals surface area contributed by atoms with Crippen molar-refractivity contribution < 1.29 is 5.11 Å². The van der Waals surface area contributed by atoms with E-state index in [1.807, 2.05) is 0 Å². The average Bonchev–Trinajstić information content (AvgIpc) is 2.59. The SMILES string of the molecule is CCC(CCN)N1CCCN(CCCO)CC1. The van der Waals surface area contributed by atoms with Gasteiger partial charge in [-0.15, -0.1) is 0 Å². The highest BCUT2D eigenvalue weighted by atomic mass is 16.3. The van der Waals surface area contributed by atoms with Crippen LogP contribution in [0.3, 0.4) is 0 Å². The van der Waals surface area contributed by atoms with Crippen molar-refractivity contribution in [3.8, 4) is 0 Å². The number of aliphatic hydroxyl groups excluding tert-OH is 1. The molecule has 1 heterocycles. The van der Waals surface area contributed by atoms with E-state index >= 15 is 0 Å². The monoisotopic (exact) mass is 243 g/mol. The van der Waals surface area contributed by atoms with E-state index in [-0.39, 0.29) is 0 Å². The lowest BCUT2D eigenvalue weighted by molar-refractivity contribution is 0.181. The first-order valence-electron chi connectivity index (χ1n) is 7.09. The van der Waals surface area contributed by atoms with Gasteiger partial charge < -0.3 is 15.7 Å². The van der Waals surface area contributed by atoms with Gasteiger partial charge in [0.15, 0.2) is 0 Å². The number of rotatable bonds is 7. The van der Waals surface area contributed by atoms with Gasteiger partial charge in [-0.05, 0) is 45.3 Å². The van der Waals surface area contributed by atoms with Gasteiger partial charge in [0.2, 0.25) is 0 Å². The molecule has 0 aromatic carbocycles. The number of nitrogens with two attached hydrogens (primary N) is 1. The van der Waals surface area contributed by atoms with Gasteiger partial charge in [-0.3, -0.25) is 4.90 Å². The summed E-state index contributed by atoms with van der Waals surface area (Å²) < 4.78 is 0. The van der Waals surface area contributed by atoms with E-state index in [1.54, 1.807) is 0 Å². The maximum atomic E-state index is 8.86. The molecule has 1 aliphatic rings. The molecular weight excluding hydrogens is 214 g/mol. The maximum Gasteiger partial charge on any atom is 0.0443 e. The molecule has 17 heavy (non-hydrogen) atoms. The topological polar surface area (TPSA) is 52.7 Å². The van der Waals surface area contributed by atoms with E-state index in [1.165, 1.54) is 25.9 Å². The van der Waals surface area contributed by atoms with Crippen LogP contribution in [0.1, 0.15) is 32.6 Å². The normalized spacial score (nSPS) is 21.4. The van der Waals surface area contributed by atoms with Crippen LogP contribution in [-0.4, -0.2) is 66.8 Å². The summed E-state index contributed by atoms with van der Waals surface area (Å²) in [5.74, 6) is 0. The highest BCUT2D eigenvalue weighted by molar-refractivity contribution is 4.76. The first-order valence-corrected chi connectivity index (χ1v) is 7.09. The third kappa shape index (κ3) is 5.34. The van der Waals surface area contributed by atoms with Crippen molar-refractivity contribution in [2.45, 2.75) is 38.6 Å². The van der Waals surface area contributed by atoms with Crippen molar-refractivity contribution in [2.75, 3.05) is 45.9 Å². The van der Waals surface area contributed by atoms with E-state index in [2.05, 4.69) is 16.7 Å². The van der Waals surface area contributed by atoms with Gasteiger partial charge >= 0.3 is 0 Å². The third-order valence-electron chi connectivity index (χ3n) is 3.74. The quantitative estimate of drug-likeness (QED) is 0.684. The van der Waals surface area contributed by atoms with Crippen molar-refractivity contribution in [3.05, 3.63) is 0 Å². The summed E-state index contributed by atoms with van der Waals surface area (Å²) in [6.45, 7) is 9.08. The van der Waals surface area contributed by atoms with Crippen molar-refractivity contribution in [1.29, 1.82) is 0 Å². The first kappa shape index (κ1) is 14.9. The lowest BCUT2D eigenvalue weighted by Crippen LogP contribution is -2.39. The lowest BCUT2D eigenvalue weighted by atomic mass is 10.1. The third-order valence-corrected chi connectivity index (χ3v) is 3.74. The first-order chi connectivity index (χ1) is 8.31. The second kappa shape index (κ2) is 8.86. The number of hydrogen-bond donors (Lipinski definition) is 2. The Balaban J connectivity index is 2.35. The van der Waals surface area contributed by atoms with Crippen LogP contribution in [0.4, 0.5) is 0 Å². The molecule has 1 rings (SSSR count). The van der Waals surface area contributed by atoms with Crippen LogP contribution in [0.25, 0.3) is 0 Å². The van der Waals surface area contributed by atoms with Crippen LogP contribution in [0.2, 0.25) is 0 Å². The highest BCUT2D eigenvalue weighted by Crippen LogP contribution is 2.12. The fourth-order valence-electron chi connectivity index (χ4n) is 2.71. The van der Waals surface area contributed by atoms with Crippen LogP contribution < -0.4 is 5.73 Å². The Labute approximate surface area is 106 Å². The van der Waals surface area contributed by atoms with E-state index in [9.17, 15) is 0 Å². The van der Waals surface area contributed by atoms with Gasteiger partial charge in [0, 0.05) is 32.3 Å². The summed E-state index contributed by atoms with van der Waals surface area (Å²) in [5.41, 5.74) is 5.68. The molecule has 4 nitrogen and oxygen atoms in total. The van der Waals surface area contributed by atoms with E-state index < -0.39 is 0 Å². The van der Waals surface area contributed by atoms with E-state index in [0.717, 1.165) is 39.0 Å². The Hall–Kier alpha value is -0.160. The van der Waals surface area contributed by atoms with Crippen LogP contribution in [0.15, 0.2) is 0 Å². The van der Waals surface area contributed by atoms with Gasteiger partial charge in [-0.1, -0.05) is 6.92 Å². The van der Waals surface area contributed by atoms with Crippen LogP contribution in [0.5, 0.6) is 0 Å². The zero-order valence-electron chi connectivity index (χ0n) is 11.3. The Morgan fingerprint density at radius 2 is 2.06 bits per heavy atom. The number of aliphatic hydroxyl groups is 1. The fourth-order valence-corrected chi connectivity index (χ4v) is 2.71. The predicted octanol–water partition coefficient (Wildman–Crippen LogP) is 0.504. The summed E-state index contributed by atoms with van der Waals surface area (Å²) in [4.78, 5) is 5.08. The Morgan fingerprint density at radius 1 is 1.24 bits per heavy atom. The van der Waals surface area contributed by atoms with Crippen LogP contribution in [0, 0.1) is 0 Å².